The highest BCUT2D eigenvalue weighted by molar-refractivity contribution is 7.52. The van der Waals surface area contributed by atoms with Crippen LogP contribution in [-0.2, 0) is 23.4 Å². The molecule has 0 saturated carbocycles. The molecule has 17 nitrogen and oxygen atoms in total. The lowest BCUT2D eigenvalue weighted by atomic mass is 9.93. The first-order valence-electron chi connectivity index (χ1n) is 12.9. The number of anilines is 1. The number of nitrogens with one attached hydrogen (secondary N) is 1. The van der Waals surface area contributed by atoms with Crippen LogP contribution in [0.4, 0.5) is 5.95 Å². The number of aromatic nitrogens is 4. The van der Waals surface area contributed by atoms with Crippen molar-refractivity contribution in [2.75, 3.05) is 19.5 Å². The van der Waals surface area contributed by atoms with Crippen LogP contribution in [0.2, 0.25) is 5.02 Å². The van der Waals surface area contributed by atoms with E-state index in [2.05, 4.69) is 30.1 Å². The lowest BCUT2D eigenvalue weighted by molar-refractivity contribution is -0.149. The summed E-state index contributed by atoms with van der Waals surface area (Å²) in [5.41, 5.74) is 14.0. The van der Waals surface area contributed by atoms with Crippen molar-refractivity contribution in [2.24, 2.45) is 5.11 Å². The summed E-state index contributed by atoms with van der Waals surface area (Å²) in [6.45, 7) is 5.68. The number of ether oxygens (including phenoxy) is 3. The fraction of sp³-hybridized carbons (Fsp3) is 0.500. The smallest absolute Gasteiger partial charge is 0.459 e. The first-order valence-corrected chi connectivity index (χ1v) is 14.8. The van der Waals surface area contributed by atoms with Crippen LogP contribution < -0.4 is 20.1 Å². The largest absolute Gasteiger partial charge is 0.479 e. The molecule has 232 valence electrons. The molecule has 6 atom stereocenters. The van der Waals surface area contributed by atoms with Crippen LogP contribution >= 0.6 is 19.3 Å². The summed E-state index contributed by atoms with van der Waals surface area (Å²) in [4.78, 5) is 27.8. The van der Waals surface area contributed by atoms with Crippen LogP contribution in [0.5, 0.6) is 11.6 Å². The second kappa shape index (κ2) is 12.9. The number of nitrogens with two attached hydrogens (primary N) is 1. The summed E-state index contributed by atoms with van der Waals surface area (Å²) >= 11 is 5.95. The van der Waals surface area contributed by atoms with Gasteiger partial charge in [-0.15, -0.1) is 0 Å². The van der Waals surface area contributed by atoms with E-state index in [4.69, 9.17) is 40.6 Å². The maximum Gasteiger partial charge on any atom is 0.459 e. The predicted molar refractivity (Wildman–Crippen MR) is 153 cm³/mol. The van der Waals surface area contributed by atoms with Crippen molar-refractivity contribution in [3.63, 3.8) is 0 Å². The van der Waals surface area contributed by atoms with Gasteiger partial charge in [-0.25, -0.2) is 9.55 Å². The zero-order chi connectivity index (χ0) is 31.5. The van der Waals surface area contributed by atoms with Crippen LogP contribution in [0.1, 0.15) is 33.9 Å². The fourth-order valence-corrected chi connectivity index (χ4v) is 5.95. The van der Waals surface area contributed by atoms with Gasteiger partial charge in [0.2, 0.25) is 11.8 Å². The lowest BCUT2D eigenvalue weighted by Gasteiger charge is -2.28. The molecule has 1 unspecified atom stereocenters. The Morgan fingerprint density at radius 3 is 2.67 bits per heavy atom. The molecule has 1 aromatic carbocycles. The molecule has 1 saturated heterocycles. The molecule has 0 aliphatic carbocycles. The van der Waals surface area contributed by atoms with E-state index >= 15 is 0 Å². The minimum atomic E-state index is -4.34. The number of aliphatic hydroxyl groups is 1. The van der Waals surface area contributed by atoms with Gasteiger partial charge in [-0.2, -0.15) is 15.1 Å². The van der Waals surface area contributed by atoms with Crippen molar-refractivity contribution in [3.05, 3.63) is 46.1 Å². The standard InChI is InChI=1S/C24H31ClN9O8P/c1-12(2)40-21(36)13(3)31-43(37,42-15-8-6-14(25)7-9-15)39-10-16-18(35)24(4,32-33-27)22(41-16)34-11-28-17-19(34)29-23(26)30-20(17)38-5/h6-9,11-13,16,18,22,35H,10H2,1-5H3,(H,31,37)(H2,26,29,30)/t13-,16+,18+,22+,24+,43?/m0/s1. The molecule has 0 bridgehead atoms. The Bertz CT molecular complexity index is 1570. The molecule has 3 aromatic rings. The fourth-order valence-electron chi connectivity index (χ4n) is 4.32. The molecule has 0 radical (unpaired) electrons. The Kier molecular flexibility index (Phi) is 9.66. The number of rotatable bonds is 12. The van der Waals surface area contributed by atoms with Crippen LogP contribution in [0.15, 0.2) is 35.7 Å². The van der Waals surface area contributed by atoms with Crippen molar-refractivity contribution in [2.45, 2.75) is 63.8 Å². The molecular weight excluding hydrogens is 609 g/mol. The minimum absolute atomic E-state index is 0.0987. The molecule has 19 heteroatoms. The number of esters is 1. The number of aliphatic hydroxyl groups excluding tert-OH is 1. The SMILES string of the molecule is COc1nc(N)nc2c1ncn2[C@@H]1O[C@H](COP(=O)(N[C@@H](C)C(=O)OC(C)C)Oc2ccc(Cl)cc2)[C@@H](O)[C@@]1(C)N=[N+]=[N-]. The molecule has 1 aliphatic rings. The van der Waals surface area contributed by atoms with Crippen molar-refractivity contribution in [1.82, 2.24) is 24.6 Å². The van der Waals surface area contributed by atoms with Crippen LogP contribution in [-0.4, -0.2) is 74.2 Å². The normalized spacial score (nSPS) is 23.9. The second-order valence-corrected chi connectivity index (χ2v) is 12.1. The molecule has 2 aromatic heterocycles. The van der Waals surface area contributed by atoms with Gasteiger partial charge in [0.25, 0.3) is 0 Å². The Labute approximate surface area is 250 Å². The van der Waals surface area contributed by atoms with E-state index in [0.29, 0.717) is 5.02 Å². The van der Waals surface area contributed by atoms with E-state index in [1.54, 1.807) is 13.8 Å². The summed E-state index contributed by atoms with van der Waals surface area (Å²) < 4.78 is 43.2. The first kappa shape index (κ1) is 32.2. The monoisotopic (exact) mass is 639 g/mol. The van der Waals surface area contributed by atoms with Crippen molar-refractivity contribution in [3.8, 4) is 11.6 Å². The van der Waals surface area contributed by atoms with Crippen LogP contribution in [0.3, 0.4) is 0 Å². The van der Waals surface area contributed by atoms with Gasteiger partial charge in [0.1, 0.15) is 23.4 Å². The first-order chi connectivity index (χ1) is 20.3. The maximum absolute atomic E-state index is 13.9. The van der Waals surface area contributed by atoms with Gasteiger partial charge in [-0.05, 0) is 57.5 Å². The third kappa shape index (κ3) is 6.94. The number of fused-ring (bicyclic) bond motifs is 1. The Morgan fingerprint density at radius 2 is 2.05 bits per heavy atom. The van der Waals surface area contributed by atoms with E-state index < -0.39 is 56.4 Å². The highest BCUT2D eigenvalue weighted by atomic mass is 35.5. The Hall–Kier alpha value is -3.69. The van der Waals surface area contributed by atoms with Crippen molar-refractivity contribution in [1.29, 1.82) is 0 Å². The number of benzene rings is 1. The summed E-state index contributed by atoms with van der Waals surface area (Å²) in [5.74, 6) is -0.603. The molecular formula is C24H31ClN9O8P. The second-order valence-electron chi connectivity index (χ2n) is 9.98. The third-order valence-corrected chi connectivity index (χ3v) is 8.27. The molecule has 1 aliphatic heterocycles. The Balaban J connectivity index is 1.63. The van der Waals surface area contributed by atoms with Crippen molar-refractivity contribution < 1.29 is 37.7 Å². The molecule has 4 rings (SSSR count). The van der Waals surface area contributed by atoms with Gasteiger partial charge in [0, 0.05) is 9.93 Å². The zero-order valence-corrected chi connectivity index (χ0v) is 25.5. The van der Waals surface area contributed by atoms with Gasteiger partial charge in [-0.1, -0.05) is 16.7 Å². The molecule has 43 heavy (non-hydrogen) atoms. The number of nitrogens with zero attached hydrogens (tertiary/aromatic N) is 7. The van der Waals surface area contributed by atoms with Crippen LogP contribution in [0.25, 0.3) is 21.6 Å². The number of imidazole rings is 1. The number of hydrogen-bond acceptors (Lipinski definition) is 13. The topological polar surface area (TPSA) is 231 Å². The number of carbonyl (C=O) groups excluding carboxylic acids is 1. The molecule has 0 spiro atoms. The molecule has 1 fully saturated rings. The van der Waals surface area contributed by atoms with E-state index in [9.17, 15) is 20.0 Å². The van der Waals surface area contributed by atoms with E-state index in [1.807, 2.05) is 0 Å². The van der Waals surface area contributed by atoms with E-state index in [-0.39, 0.29) is 28.7 Å². The number of halogens is 1. The predicted octanol–water partition coefficient (Wildman–Crippen LogP) is 3.53. The van der Waals surface area contributed by atoms with Gasteiger partial charge in [-0.3, -0.25) is 13.9 Å². The maximum atomic E-state index is 13.9. The number of methoxy groups -OCH3 is 1. The number of carbonyl (C=O) groups is 1. The average molecular weight is 640 g/mol. The summed E-state index contributed by atoms with van der Waals surface area (Å²) in [6.07, 6.45) is -2.97. The third-order valence-electron chi connectivity index (χ3n) is 6.37. The van der Waals surface area contributed by atoms with E-state index in [0.717, 1.165) is 0 Å². The number of hydrogen-bond donors (Lipinski definition) is 3. The highest BCUT2D eigenvalue weighted by Crippen LogP contribution is 2.48. The Morgan fingerprint density at radius 1 is 1.35 bits per heavy atom. The molecule has 3 heterocycles. The van der Waals surface area contributed by atoms with Crippen LogP contribution in [0, 0.1) is 0 Å². The molecule has 0 amide bonds. The summed E-state index contributed by atoms with van der Waals surface area (Å²) in [7, 11) is -2.96. The van der Waals surface area contributed by atoms with Gasteiger partial charge < -0.3 is 29.6 Å². The van der Waals surface area contributed by atoms with Gasteiger partial charge in [0.15, 0.2) is 17.4 Å². The zero-order valence-electron chi connectivity index (χ0n) is 23.8. The van der Waals surface area contributed by atoms with Gasteiger partial charge >= 0.3 is 13.7 Å². The minimum Gasteiger partial charge on any atom is -0.479 e. The van der Waals surface area contributed by atoms with Gasteiger partial charge in [0.05, 0.1) is 32.3 Å². The number of nitrogen functional groups attached to an aromatic ring is 1. The highest BCUT2D eigenvalue weighted by Gasteiger charge is 2.55. The molecule has 4 N–H and O–H groups in total. The number of azide groups is 1. The summed E-state index contributed by atoms with van der Waals surface area (Å²) in [6, 6.07) is 4.82. The van der Waals surface area contributed by atoms with E-state index in [1.165, 1.54) is 56.1 Å². The quantitative estimate of drug-likeness (QED) is 0.0847. The summed E-state index contributed by atoms with van der Waals surface area (Å²) in [5, 5.41) is 18.1. The average Bonchev–Trinajstić information content (AvgIpc) is 3.46. The lowest BCUT2D eigenvalue weighted by Crippen LogP contribution is -2.43. The van der Waals surface area contributed by atoms with Crippen molar-refractivity contribution >= 4 is 42.4 Å².